The van der Waals surface area contributed by atoms with Crippen LogP contribution in [-0.4, -0.2) is 25.5 Å². The average Bonchev–Trinajstić information content (AvgIpc) is 2.31. The summed E-state index contributed by atoms with van der Waals surface area (Å²) in [5.74, 6) is 0. The van der Waals surface area contributed by atoms with E-state index >= 15 is 0 Å². The first kappa shape index (κ1) is 6.85. The Morgan fingerprint density at radius 1 is 1.64 bits per heavy atom. The molecular weight excluding hydrogens is 140 g/mol. The molecule has 0 atom stereocenters. The average molecular weight is 152 g/mol. The number of nitrogens with zero attached hydrogens (tertiary/aromatic N) is 1. The minimum atomic E-state index is 0.154. The Labute approximate surface area is 65.9 Å². The van der Waals surface area contributed by atoms with Gasteiger partial charge in [-0.3, -0.25) is 4.99 Å². The monoisotopic (exact) mass is 152 g/mol. The Morgan fingerprint density at radius 3 is 2.73 bits per heavy atom. The van der Waals surface area contributed by atoms with Crippen molar-refractivity contribution in [3.05, 3.63) is 11.8 Å². The summed E-state index contributed by atoms with van der Waals surface area (Å²) >= 11 is 0. The Hall–Kier alpha value is -0.830. The van der Waals surface area contributed by atoms with E-state index in [2.05, 4.69) is 11.9 Å². The van der Waals surface area contributed by atoms with Crippen molar-refractivity contribution in [3.8, 4) is 0 Å². The predicted octanol–water partition coefficient (Wildman–Crippen LogP) is 0.320. The number of nitrogens with two attached hydrogens (primary N) is 1. The van der Waals surface area contributed by atoms with Gasteiger partial charge in [0.25, 0.3) is 0 Å². The number of aliphatic imine (C=N–C) groups is 1. The molecule has 2 rings (SSSR count). The molecule has 11 heavy (non-hydrogen) atoms. The fourth-order valence-corrected chi connectivity index (χ4v) is 1.36. The molecule has 0 aliphatic carbocycles. The van der Waals surface area contributed by atoms with Crippen LogP contribution in [0.5, 0.6) is 0 Å². The van der Waals surface area contributed by atoms with Crippen LogP contribution >= 0.6 is 0 Å². The molecule has 0 spiro atoms. The van der Waals surface area contributed by atoms with Crippen LogP contribution in [0.1, 0.15) is 6.92 Å². The molecule has 2 aliphatic heterocycles. The smallest absolute Gasteiger partial charge is 0.0788 e. The molecule has 0 bridgehead atoms. The molecule has 2 aliphatic rings. The summed E-state index contributed by atoms with van der Waals surface area (Å²) < 4.78 is 5.13. The highest BCUT2D eigenvalue weighted by Crippen LogP contribution is 2.30. The van der Waals surface area contributed by atoms with Crippen LogP contribution in [0, 0.1) is 5.41 Å². The Bertz CT molecular complexity index is 238. The summed E-state index contributed by atoms with van der Waals surface area (Å²) in [5, 5.41) is 0. The first-order valence-electron chi connectivity index (χ1n) is 3.79. The molecule has 0 aromatic heterocycles. The number of ether oxygens (including phenoxy) is 1. The Balaban J connectivity index is 2.17. The third-order valence-electron chi connectivity index (χ3n) is 2.21. The van der Waals surface area contributed by atoms with E-state index in [0.717, 1.165) is 24.6 Å². The highest BCUT2D eigenvalue weighted by molar-refractivity contribution is 6.02. The van der Waals surface area contributed by atoms with Crippen molar-refractivity contribution < 1.29 is 4.74 Å². The van der Waals surface area contributed by atoms with Gasteiger partial charge in [-0.25, -0.2) is 0 Å². The van der Waals surface area contributed by atoms with Gasteiger partial charge < -0.3 is 10.5 Å². The lowest BCUT2D eigenvalue weighted by Gasteiger charge is -2.37. The van der Waals surface area contributed by atoms with Crippen LogP contribution in [0.2, 0.25) is 0 Å². The summed E-state index contributed by atoms with van der Waals surface area (Å²) in [6, 6.07) is 0. The number of rotatable bonds is 1. The number of allylic oxidation sites excluding steroid dienone is 1. The zero-order valence-corrected chi connectivity index (χ0v) is 6.63. The van der Waals surface area contributed by atoms with Gasteiger partial charge in [-0.15, -0.1) is 0 Å². The van der Waals surface area contributed by atoms with E-state index in [4.69, 9.17) is 10.5 Å². The summed E-state index contributed by atoms with van der Waals surface area (Å²) in [6.45, 7) is 4.40. The normalized spacial score (nSPS) is 27.4. The number of hydrogen-bond donors (Lipinski definition) is 1. The Morgan fingerprint density at radius 2 is 2.36 bits per heavy atom. The zero-order chi connectivity index (χ0) is 7.90. The van der Waals surface area contributed by atoms with Crippen molar-refractivity contribution in [3.63, 3.8) is 0 Å². The highest BCUT2D eigenvalue weighted by Gasteiger charge is 2.38. The molecule has 2 N–H and O–H groups in total. The van der Waals surface area contributed by atoms with Gasteiger partial charge in [-0.05, 0) is 13.0 Å². The van der Waals surface area contributed by atoms with Gasteiger partial charge in [0.15, 0.2) is 0 Å². The van der Waals surface area contributed by atoms with Gasteiger partial charge in [0, 0.05) is 11.4 Å². The Kier molecular flexibility index (Phi) is 1.29. The van der Waals surface area contributed by atoms with Gasteiger partial charge in [0.05, 0.1) is 25.2 Å². The fraction of sp³-hybridized carbons (Fsp3) is 0.625. The number of hydrogen-bond acceptors (Lipinski definition) is 3. The summed E-state index contributed by atoms with van der Waals surface area (Å²) in [7, 11) is 0. The molecular formula is C8H12N2O. The molecule has 0 aromatic rings. The maximum atomic E-state index is 5.61. The first-order valence-corrected chi connectivity index (χ1v) is 3.79. The molecule has 0 saturated carbocycles. The molecule has 1 fully saturated rings. The third kappa shape index (κ3) is 0.959. The second kappa shape index (κ2) is 2.08. The maximum absolute atomic E-state index is 5.61. The van der Waals surface area contributed by atoms with E-state index in [0.29, 0.717) is 6.54 Å². The van der Waals surface area contributed by atoms with Crippen LogP contribution in [0.3, 0.4) is 0 Å². The van der Waals surface area contributed by atoms with Crippen LogP contribution in [0.25, 0.3) is 0 Å². The fourth-order valence-electron chi connectivity index (χ4n) is 1.36. The van der Waals surface area contributed by atoms with Crippen LogP contribution in [0.15, 0.2) is 16.8 Å². The topological polar surface area (TPSA) is 47.6 Å². The molecule has 0 amide bonds. The lowest BCUT2D eigenvalue weighted by Crippen LogP contribution is -2.45. The lowest BCUT2D eigenvalue weighted by molar-refractivity contribution is -0.0577. The van der Waals surface area contributed by atoms with Crippen molar-refractivity contribution in [1.82, 2.24) is 0 Å². The molecule has 3 heteroatoms. The van der Waals surface area contributed by atoms with E-state index < -0.39 is 0 Å². The van der Waals surface area contributed by atoms with E-state index in [9.17, 15) is 0 Å². The van der Waals surface area contributed by atoms with Crippen molar-refractivity contribution in [2.24, 2.45) is 16.1 Å². The van der Waals surface area contributed by atoms with Gasteiger partial charge in [-0.1, -0.05) is 0 Å². The molecule has 0 unspecified atom stereocenters. The van der Waals surface area contributed by atoms with Crippen LogP contribution in [-0.2, 0) is 4.74 Å². The van der Waals surface area contributed by atoms with Crippen molar-refractivity contribution in [1.29, 1.82) is 0 Å². The van der Waals surface area contributed by atoms with E-state index in [1.165, 1.54) is 0 Å². The van der Waals surface area contributed by atoms with Crippen LogP contribution in [0.4, 0.5) is 0 Å². The SMILES string of the molecule is CC1(C2=NCC(N)=C2)COC1. The zero-order valence-electron chi connectivity index (χ0n) is 6.63. The minimum absolute atomic E-state index is 0.154. The standard InChI is InChI=1S/C8H12N2O/c1-8(4-11-5-8)7-2-6(9)3-10-7/h2H,3-5,9H2,1H3. The molecule has 0 radical (unpaired) electrons. The second-order valence-corrected chi connectivity index (χ2v) is 3.47. The maximum Gasteiger partial charge on any atom is 0.0788 e. The van der Waals surface area contributed by atoms with E-state index in [1.54, 1.807) is 0 Å². The lowest BCUT2D eigenvalue weighted by atomic mass is 9.83. The molecule has 0 aromatic carbocycles. The molecule has 2 heterocycles. The second-order valence-electron chi connectivity index (χ2n) is 3.47. The van der Waals surface area contributed by atoms with Gasteiger partial charge in [-0.2, -0.15) is 0 Å². The van der Waals surface area contributed by atoms with Gasteiger partial charge in [0.1, 0.15) is 0 Å². The quantitative estimate of drug-likeness (QED) is 0.588. The van der Waals surface area contributed by atoms with E-state index in [-0.39, 0.29) is 5.41 Å². The summed E-state index contributed by atoms with van der Waals surface area (Å²) in [4.78, 5) is 4.33. The summed E-state index contributed by atoms with van der Waals surface area (Å²) in [6.07, 6.45) is 1.97. The minimum Gasteiger partial charge on any atom is -0.400 e. The van der Waals surface area contributed by atoms with Gasteiger partial charge >= 0.3 is 0 Å². The molecule has 60 valence electrons. The van der Waals surface area contributed by atoms with Crippen molar-refractivity contribution in [2.75, 3.05) is 19.8 Å². The molecule has 3 nitrogen and oxygen atoms in total. The van der Waals surface area contributed by atoms with E-state index in [1.807, 2.05) is 6.08 Å². The first-order chi connectivity index (χ1) is 5.21. The van der Waals surface area contributed by atoms with Gasteiger partial charge in [0.2, 0.25) is 0 Å². The third-order valence-corrected chi connectivity index (χ3v) is 2.21. The van der Waals surface area contributed by atoms with Crippen molar-refractivity contribution in [2.45, 2.75) is 6.92 Å². The predicted molar refractivity (Wildman–Crippen MR) is 43.5 cm³/mol. The largest absolute Gasteiger partial charge is 0.400 e. The summed E-state index contributed by atoms with van der Waals surface area (Å²) in [5.41, 5.74) is 7.74. The van der Waals surface area contributed by atoms with Crippen LogP contribution < -0.4 is 5.73 Å². The van der Waals surface area contributed by atoms with Crippen molar-refractivity contribution >= 4 is 5.71 Å². The molecule has 1 saturated heterocycles. The highest BCUT2D eigenvalue weighted by atomic mass is 16.5.